The normalized spacial score (nSPS) is 21.8. The Morgan fingerprint density at radius 3 is 2.54 bits per heavy atom. The van der Waals surface area contributed by atoms with E-state index in [9.17, 15) is 19.5 Å². The van der Waals surface area contributed by atoms with Crippen LogP contribution in [0.5, 0.6) is 0 Å². The summed E-state index contributed by atoms with van der Waals surface area (Å²) in [7, 11) is 0. The summed E-state index contributed by atoms with van der Waals surface area (Å²) >= 11 is 0. The van der Waals surface area contributed by atoms with Gasteiger partial charge in [-0.05, 0) is 24.8 Å². The second kappa shape index (κ2) is 8.34. The highest BCUT2D eigenvalue weighted by Gasteiger charge is 2.38. The molecule has 1 heterocycles. The number of aliphatic carboxylic acids is 1. The van der Waals surface area contributed by atoms with E-state index in [4.69, 9.17) is 0 Å². The van der Waals surface area contributed by atoms with Gasteiger partial charge in [0, 0.05) is 25.6 Å². The fraction of sp³-hybridized carbons (Fsp3) is 0.550. The van der Waals surface area contributed by atoms with Gasteiger partial charge in [0.25, 0.3) is 0 Å². The van der Waals surface area contributed by atoms with E-state index < -0.39 is 11.9 Å². The molecular formula is C20H26N2O4. The van der Waals surface area contributed by atoms with Crippen LogP contribution in [0, 0.1) is 11.8 Å². The molecule has 26 heavy (non-hydrogen) atoms. The number of carboxylic acid groups (broad SMARTS) is 1. The van der Waals surface area contributed by atoms with Crippen LogP contribution < -0.4 is 5.32 Å². The first-order valence-corrected chi connectivity index (χ1v) is 9.38. The highest BCUT2D eigenvalue weighted by Crippen LogP contribution is 2.29. The van der Waals surface area contributed by atoms with Crippen LogP contribution in [0.25, 0.3) is 0 Å². The summed E-state index contributed by atoms with van der Waals surface area (Å²) in [5.74, 6) is -2.13. The van der Waals surface area contributed by atoms with Crippen molar-refractivity contribution in [1.82, 2.24) is 10.2 Å². The molecule has 2 aliphatic rings. The summed E-state index contributed by atoms with van der Waals surface area (Å²) in [6.45, 7) is 0.545. The van der Waals surface area contributed by atoms with Gasteiger partial charge in [-0.25, -0.2) is 0 Å². The number of likely N-dealkylation sites (tertiary alicyclic amines) is 1. The lowest BCUT2D eigenvalue weighted by Gasteiger charge is -2.24. The molecule has 140 valence electrons. The van der Waals surface area contributed by atoms with Crippen LogP contribution in [0.2, 0.25) is 0 Å². The van der Waals surface area contributed by atoms with Crippen LogP contribution >= 0.6 is 0 Å². The van der Waals surface area contributed by atoms with E-state index in [2.05, 4.69) is 5.32 Å². The summed E-state index contributed by atoms with van der Waals surface area (Å²) in [6, 6.07) is 9.67. The Kier molecular flexibility index (Phi) is 5.91. The Hall–Kier alpha value is -2.37. The SMILES string of the molecule is O=C(O)[C@@H](CNC(=O)[C@H]1CC(=O)N(C2CCCC2)C1)Cc1ccccc1. The molecule has 1 aliphatic carbocycles. The van der Waals surface area contributed by atoms with E-state index in [1.54, 1.807) is 0 Å². The fourth-order valence-corrected chi connectivity index (χ4v) is 3.99. The van der Waals surface area contributed by atoms with Gasteiger partial charge < -0.3 is 15.3 Å². The molecule has 0 aromatic heterocycles. The average Bonchev–Trinajstić information content (AvgIpc) is 3.28. The van der Waals surface area contributed by atoms with E-state index in [0.717, 1.165) is 31.2 Å². The second-order valence-electron chi connectivity index (χ2n) is 7.36. The lowest BCUT2D eigenvalue weighted by atomic mass is 9.99. The van der Waals surface area contributed by atoms with Gasteiger partial charge in [-0.1, -0.05) is 43.2 Å². The molecule has 1 saturated carbocycles. The zero-order valence-electron chi connectivity index (χ0n) is 14.9. The highest BCUT2D eigenvalue weighted by molar-refractivity contribution is 5.89. The van der Waals surface area contributed by atoms with Gasteiger partial charge in [0.1, 0.15) is 0 Å². The third-order valence-electron chi connectivity index (χ3n) is 5.49. The van der Waals surface area contributed by atoms with Gasteiger partial charge >= 0.3 is 5.97 Å². The van der Waals surface area contributed by atoms with Gasteiger partial charge in [-0.3, -0.25) is 14.4 Å². The Morgan fingerprint density at radius 2 is 1.88 bits per heavy atom. The first-order chi connectivity index (χ1) is 12.5. The summed E-state index contributed by atoms with van der Waals surface area (Å²) in [4.78, 5) is 38.0. The van der Waals surface area contributed by atoms with Crippen LogP contribution in [0.15, 0.2) is 30.3 Å². The lowest BCUT2D eigenvalue weighted by molar-refractivity contribution is -0.141. The van der Waals surface area contributed by atoms with Crippen LogP contribution in [0.3, 0.4) is 0 Å². The van der Waals surface area contributed by atoms with Crippen molar-refractivity contribution in [2.75, 3.05) is 13.1 Å². The molecule has 6 nitrogen and oxygen atoms in total. The number of hydrogen-bond acceptors (Lipinski definition) is 3. The number of rotatable bonds is 7. The minimum Gasteiger partial charge on any atom is -0.481 e. The molecule has 2 atom stereocenters. The molecule has 0 bridgehead atoms. The van der Waals surface area contributed by atoms with Crippen molar-refractivity contribution >= 4 is 17.8 Å². The Labute approximate surface area is 153 Å². The third-order valence-corrected chi connectivity index (χ3v) is 5.49. The van der Waals surface area contributed by atoms with Crippen molar-refractivity contribution in [1.29, 1.82) is 0 Å². The predicted octanol–water partition coefficient (Wildman–Crippen LogP) is 1.84. The molecule has 1 saturated heterocycles. The van der Waals surface area contributed by atoms with Crippen LogP contribution in [0.4, 0.5) is 0 Å². The molecule has 2 fully saturated rings. The maximum Gasteiger partial charge on any atom is 0.308 e. The fourth-order valence-electron chi connectivity index (χ4n) is 3.99. The van der Waals surface area contributed by atoms with E-state index in [1.165, 1.54) is 0 Å². The molecular weight excluding hydrogens is 332 g/mol. The number of hydrogen-bond donors (Lipinski definition) is 2. The molecule has 0 unspecified atom stereocenters. The molecule has 1 aliphatic heterocycles. The summed E-state index contributed by atoms with van der Waals surface area (Å²) in [5.41, 5.74) is 0.928. The minimum absolute atomic E-state index is 0.0520. The Bertz CT molecular complexity index is 655. The van der Waals surface area contributed by atoms with Gasteiger partial charge in [0.05, 0.1) is 11.8 Å². The summed E-state index contributed by atoms with van der Waals surface area (Å²) in [6.07, 6.45) is 4.94. The number of benzene rings is 1. The smallest absolute Gasteiger partial charge is 0.308 e. The monoisotopic (exact) mass is 358 g/mol. The first kappa shape index (κ1) is 18.4. The molecule has 2 N–H and O–H groups in total. The van der Waals surface area contributed by atoms with Gasteiger partial charge in [0.2, 0.25) is 11.8 Å². The number of amides is 2. The summed E-state index contributed by atoms with van der Waals surface area (Å²) < 4.78 is 0. The standard InChI is InChI=1S/C20H26N2O4/c23-18-11-16(13-22(18)17-8-4-5-9-17)19(24)21-12-15(20(25)26)10-14-6-2-1-3-7-14/h1-3,6-7,15-17H,4-5,8-13H2,(H,21,24)(H,25,26)/t15-,16+/m1/s1. The Morgan fingerprint density at radius 1 is 1.19 bits per heavy atom. The van der Waals surface area contributed by atoms with Gasteiger partial charge in [-0.15, -0.1) is 0 Å². The lowest BCUT2D eigenvalue weighted by Crippen LogP contribution is -2.39. The number of carbonyl (C=O) groups is 3. The molecule has 0 radical (unpaired) electrons. The number of carboxylic acids is 1. The Balaban J connectivity index is 1.52. The zero-order valence-corrected chi connectivity index (χ0v) is 14.9. The molecule has 2 amide bonds. The number of nitrogens with zero attached hydrogens (tertiary/aromatic N) is 1. The van der Waals surface area contributed by atoms with Crippen LogP contribution in [0.1, 0.15) is 37.7 Å². The first-order valence-electron chi connectivity index (χ1n) is 9.38. The van der Waals surface area contributed by atoms with E-state index in [1.807, 2.05) is 35.2 Å². The second-order valence-corrected chi connectivity index (χ2v) is 7.36. The average molecular weight is 358 g/mol. The molecule has 1 aromatic rings. The van der Waals surface area contributed by atoms with Crippen molar-refractivity contribution < 1.29 is 19.5 Å². The third kappa shape index (κ3) is 4.42. The summed E-state index contributed by atoms with van der Waals surface area (Å²) in [5, 5.41) is 12.2. The van der Waals surface area contributed by atoms with E-state index in [0.29, 0.717) is 13.0 Å². The van der Waals surface area contributed by atoms with Gasteiger partial charge in [0.15, 0.2) is 0 Å². The zero-order chi connectivity index (χ0) is 18.5. The maximum atomic E-state index is 12.4. The molecule has 0 spiro atoms. The van der Waals surface area contributed by atoms with Crippen molar-refractivity contribution in [3.63, 3.8) is 0 Å². The number of nitrogens with one attached hydrogen (secondary N) is 1. The van der Waals surface area contributed by atoms with E-state index >= 15 is 0 Å². The minimum atomic E-state index is -0.927. The van der Waals surface area contributed by atoms with Crippen LogP contribution in [-0.4, -0.2) is 46.9 Å². The largest absolute Gasteiger partial charge is 0.481 e. The van der Waals surface area contributed by atoms with Crippen molar-refractivity contribution in [3.05, 3.63) is 35.9 Å². The molecule has 6 heteroatoms. The van der Waals surface area contributed by atoms with Crippen molar-refractivity contribution in [3.8, 4) is 0 Å². The van der Waals surface area contributed by atoms with Crippen LogP contribution in [-0.2, 0) is 20.8 Å². The topological polar surface area (TPSA) is 86.7 Å². The van der Waals surface area contributed by atoms with Crippen molar-refractivity contribution in [2.24, 2.45) is 11.8 Å². The molecule has 1 aromatic carbocycles. The molecule has 3 rings (SSSR count). The van der Waals surface area contributed by atoms with E-state index in [-0.39, 0.29) is 36.7 Å². The predicted molar refractivity (Wildman–Crippen MR) is 96.4 cm³/mol. The quantitative estimate of drug-likeness (QED) is 0.779. The highest BCUT2D eigenvalue weighted by atomic mass is 16.4. The number of carbonyl (C=O) groups excluding carboxylic acids is 2. The maximum absolute atomic E-state index is 12.4. The van der Waals surface area contributed by atoms with Gasteiger partial charge in [-0.2, -0.15) is 0 Å². The van der Waals surface area contributed by atoms with Crippen molar-refractivity contribution in [2.45, 2.75) is 44.6 Å².